The molecule has 0 aliphatic heterocycles. The van der Waals surface area contributed by atoms with Gasteiger partial charge in [0.2, 0.25) is 0 Å². The zero-order valence-electron chi connectivity index (χ0n) is 10.3. The van der Waals surface area contributed by atoms with Crippen molar-refractivity contribution < 1.29 is 4.39 Å². The van der Waals surface area contributed by atoms with E-state index >= 15 is 0 Å². The number of hydrogen-bond donors (Lipinski definition) is 1. The van der Waals surface area contributed by atoms with Crippen molar-refractivity contribution in [1.82, 2.24) is 4.98 Å². The molecular weight excluding hydrogens is 339 g/mol. The third-order valence-electron chi connectivity index (χ3n) is 2.84. The van der Waals surface area contributed by atoms with Gasteiger partial charge in [0.05, 0.1) is 5.69 Å². The van der Waals surface area contributed by atoms with Gasteiger partial charge in [-0.3, -0.25) is 0 Å². The molecule has 0 radical (unpaired) electrons. The summed E-state index contributed by atoms with van der Waals surface area (Å²) in [6.45, 7) is 0. The van der Waals surface area contributed by atoms with Crippen molar-refractivity contribution in [3.05, 3.63) is 58.1 Å². The largest absolute Gasteiger partial charge is 0.399 e. The molecule has 0 aliphatic rings. The van der Waals surface area contributed by atoms with Gasteiger partial charge in [0.15, 0.2) is 0 Å². The van der Waals surface area contributed by atoms with E-state index in [4.69, 9.17) is 5.73 Å². The first-order valence-electron chi connectivity index (χ1n) is 5.90. The number of anilines is 1. The van der Waals surface area contributed by atoms with Crippen molar-refractivity contribution in [3.8, 4) is 21.8 Å². The molecule has 0 spiro atoms. The number of benzene rings is 2. The van der Waals surface area contributed by atoms with Gasteiger partial charge in [0.1, 0.15) is 10.8 Å². The highest BCUT2D eigenvalue weighted by atomic mass is 79.9. The summed E-state index contributed by atoms with van der Waals surface area (Å²) in [6.07, 6.45) is 0. The first-order chi connectivity index (χ1) is 9.63. The van der Waals surface area contributed by atoms with Crippen LogP contribution in [0, 0.1) is 5.82 Å². The Morgan fingerprint density at radius 3 is 2.75 bits per heavy atom. The molecule has 0 saturated heterocycles. The van der Waals surface area contributed by atoms with Crippen molar-refractivity contribution >= 4 is 33.0 Å². The van der Waals surface area contributed by atoms with Crippen LogP contribution in [0.15, 0.2) is 52.3 Å². The van der Waals surface area contributed by atoms with Crippen LogP contribution in [-0.2, 0) is 0 Å². The van der Waals surface area contributed by atoms with Gasteiger partial charge in [-0.05, 0) is 30.3 Å². The van der Waals surface area contributed by atoms with Crippen LogP contribution >= 0.6 is 27.3 Å². The van der Waals surface area contributed by atoms with Gasteiger partial charge in [0.25, 0.3) is 0 Å². The molecule has 0 aliphatic carbocycles. The summed E-state index contributed by atoms with van der Waals surface area (Å²) in [7, 11) is 0. The summed E-state index contributed by atoms with van der Waals surface area (Å²) in [5.74, 6) is -0.288. The number of aromatic nitrogens is 1. The summed E-state index contributed by atoms with van der Waals surface area (Å²) < 4.78 is 14.6. The number of thiazole rings is 1. The third-order valence-corrected chi connectivity index (χ3v) is 4.23. The fourth-order valence-electron chi connectivity index (χ4n) is 1.90. The topological polar surface area (TPSA) is 38.9 Å². The molecule has 0 amide bonds. The highest BCUT2D eigenvalue weighted by Crippen LogP contribution is 2.31. The van der Waals surface area contributed by atoms with Gasteiger partial charge in [-0.25, -0.2) is 9.37 Å². The second-order valence-corrected chi connectivity index (χ2v) is 6.06. The second kappa shape index (κ2) is 5.34. The van der Waals surface area contributed by atoms with Crippen LogP contribution in [0.3, 0.4) is 0 Å². The molecule has 20 heavy (non-hydrogen) atoms. The number of halogens is 2. The number of nitrogens with two attached hydrogens (primary N) is 1. The zero-order valence-corrected chi connectivity index (χ0v) is 12.7. The average Bonchev–Trinajstić information content (AvgIpc) is 2.88. The molecule has 0 unspecified atom stereocenters. The van der Waals surface area contributed by atoms with E-state index in [-0.39, 0.29) is 5.82 Å². The lowest BCUT2D eigenvalue weighted by atomic mass is 10.1. The van der Waals surface area contributed by atoms with E-state index in [9.17, 15) is 4.39 Å². The Balaban J connectivity index is 2.02. The Morgan fingerprint density at radius 1 is 1.15 bits per heavy atom. The van der Waals surface area contributed by atoms with Crippen LogP contribution < -0.4 is 5.73 Å². The number of rotatable bonds is 2. The highest BCUT2D eigenvalue weighted by Gasteiger charge is 2.11. The maximum Gasteiger partial charge on any atom is 0.133 e. The average molecular weight is 349 g/mol. The Kier molecular flexibility index (Phi) is 3.54. The van der Waals surface area contributed by atoms with Gasteiger partial charge < -0.3 is 5.73 Å². The van der Waals surface area contributed by atoms with Gasteiger partial charge in [0, 0.05) is 26.7 Å². The Hall–Kier alpha value is -1.72. The van der Waals surface area contributed by atoms with Crippen molar-refractivity contribution in [1.29, 1.82) is 0 Å². The molecule has 3 aromatic rings. The Bertz CT molecular complexity index is 770. The Labute approximate surface area is 128 Å². The van der Waals surface area contributed by atoms with Gasteiger partial charge in [-0.15, -0.1) is 11.3 Å². The molecular formula is C15H10BrFN2S. The summed E-state index contributed by atoms with van der Waals surface area (Å²) in [5, 5.41) is 2.68. The summed E-state index contributed by atoms with van der Waals surface area (Å²) in [6, 6.07) is 12.5. The van der Waals surface area contributed by atoms with E-state index in [1.54, 1.807) is 12.1 Å². The molecule has 0 atom stereocenters. The van der Waals surface area contributed by atoms with E-state index in [1.165, 1.54) is 17.4 Å². The minimum atomic E-state index is -0.288. The maximum absolute atomic E-state index is 13.9. The standard InChI is InChI=1S/C15H10BrFN2S/c16-10-4-5-12(13(17)7-10)14-8-20-15(19-14)9-2-1-3-11(18)6-9/h1-8H,18H2. The van der Waals surface area contributed by atoms with Gasteiger partial charge in [-0.2, -0.15) is 0 Å². The fourth-order valence-corrected chi connectivity index (χ4v) is 3.05. The molecule has 5 heteroatoms. The first kappa shape index (κ1) is 13.3. The normalized spacial score (nSPS) is 10.7. The predicted molar refractivity (Wildman–Crippen MR) is 85.1 cm³/mol. The molecule has 100 valence electrons. The molecule has 0 saturated carbocycles. The number of nitrogen functional groups attached to an aromatic ring is 1. The third kappa shape index (κ3) is 2.59. The monoisotopic (exact) mass is 348 g/mol. The smallest absolute Gasteiger partial charge is 0.133 e. The van der Waals surface area contributed by atoms with Crippen molar-refractivity contribution in [3.63, 3.8) is 0 Å². The summed E-state index contributed by atoms with van der Waals surface area (Å²) in [5.41, 5.74) is 8.53. The number of nitrogens with zero attached hydrogens (tertiary/aromatic N) is 1. The van der Waals surface area contributed by atoms with E-state index in [1.807, 2.05) is 29.6 Å². The lowest BCUT2D eigenvalue weighted by Gasteiger charge is -2.00. The molecule has 2 aromatic carbocycles. The number of hydrogen-bond acceptors (Lipinski definition) is 3. The van der Waals surface area contributed by atoms with Crippen LogP contribution in [0.5, 0.6) is 0 Å². The summed E-state index contributed by atoms with van der Waals surface area (Å²) >= 11 is 4.72. The Morgan fingerprint density at radius 2 is 2.00 bits per heavy atom. The van der Waals surface area contributed by atoms with Crippen molar-refractivity contribution in [2.45, 2.75) is 0 Å². The van der Waals surface area contributed by atoms with E-state index < -0.39 is 0 Å². The van der Waals surface area contributed by atoms with Crippen LogP contribution in [0.2, 0.25) is 0 Å². The summed E-state index contributed by atoms with van der Waals surface area (Å²) in [4.78, 5) is 4.49. The lowest BCUT2D eigenvalue weighted by Crippen LogP contribution is -1.86. The van der Waals surface area contributed by atoms with E-state index in [0.29, 0.717) is 21.4 Å². The maximum atomic E-state index is 13.9. The molecule has 0 fully saturated rings. The van der Waals surface area contributed by atoms with Crippen molar-refractivity contribution in [2.24, 2.45) is 0 Å². The van der Waals surface area contributed by atoms with E-state index in [2.05, 4.69) is 20.9 Å². The van der Waals surface area contributed by atoms with Crippen LogP contribution in [0.25, 0.3) is 21.8 Å². The predicted octanol–water partition coefficient (Wildman–Crippen LogP) is 4.96. The molecule has 3 rings (SSSR count). The highest BCUT2D eigenvalue weighted by molar-refractivity contribution is 9.10. The van der Waals surface area contributed by atoms with Gasteiger partial charge in [-0.1, -0.05) is 28.1 Å². The van der Waals surface area contributed by atoms with E-state index in [0.717, 1.165) is 10.6 Å². The van der Waals surface area contributed by atoms with Crippen LogP contribution in [0.4, 0.5) is 10.1 Å². The fraction of sp³-hybridized carbons (Fsp3) is 0. The van der Waals surface area contributed by atoms with Crippen LogP contribution in [0.1, 0.15) is 0 Å². The van der Waals surface area contributed by atoms with Gasteiger partial charge >= 0.3 is 0 Å². The molecule has 1 aromatic heterocycles. The molecule has 0 bridgehead atoms. The first-order valence-corrected chi connectivity index (χ1v) is 7.57. The van der Waals surface area contributed by atoms with Crippen molar-refractivity contribution in [2.75, 3.05) is 5.73 Å². The second-order valence-electron chi connectivity index (χ2n) is 4.29. The molecule has 1 heterocycles. The van der Waals surface area contributed by atoms with Crippen LogP contribution in [-0.4, -0.2) is 4.98 Å². The minimum Gasteiger partial charge on any atom is -0.399 e. The SMILES string of the molecule is Nc1cccc(-c2nc(-c3ccc(Br)cc3F)cs2)c1. The lowest BCUT2D eigenvalue weighted by molar-refractivity contribution is 0.630. The minimum absolute atomic E-state index is 0.288. The quantitative estimate of drug-likeness (QED) is 0.664. The molecule has 2 N–H and O–H groups in total. The molecule has 2 nitrogen and oxygen atoms in total. The zero-order chi connectivity index (χ0) is 14.1.